The molecule has 0 amide bonds. The number of aromatic hydroxyl groups is 1. The molecule has 1 aromatic carbocycles. The van der Waals surface area contributed by atoms with Crippen LogP contribution in [0.25, 0.3) is 0 Å². The molecule has 0 atom stereocenters. The van der Waals surface area contributed by atoms with Crippen LogP contribution in [-0.4, -0.2) is 18.0 Å². The van der Waals surface area contributed by atoms with Gasteiger partial charge >= 0.3 is 0 Å². The first-order valence-electron chi connectivity index (χ1n) is 5.18. The minimum Gasteiger partial charge on any atom is -0.504 e. The topological polar surface area (TPSA) is 46.5 Å². The van der Waals surface area contributed by atoms with Crippen LogP contribution in [-0.2, 0) is 11.2 Å². The molecule has 0 aliphatic carbocycles. The van der Waals surface area contributed by atoms with E-state index in [0.29, 0.717) is 18.6 Å². The van der Waals surface area contributed by atoms with Crippen LogP contribution in [0.4, 0.5) is 0 Å². The number of hydrogen-bond donors (Lipinski definition) is 1. The molecule has 0 saturated carbocycles. The lowest BCUT2D eigenvalue weighted by molar-refractivity contribution is -0.114. The summed E-state index contributed by atoms with van der Waals surface area (Å²) in [5.41, 5.74) is 0.979. The first-order chi connectivity index (χ1) is 7.67. The zero-order valence-electron chi connectivity index (χ0n) is 9.56. The Labute approximate surface area is 95.4 Å². The molecule has 0 aromatic heterocycles. The molecule has 0 unspecified atom stereocenters. The minimum absolute atomic E-state index is 0.106. The molecule has 0 heterocycles. The second-order valence-corrected chi connectivity index (χ2v) is 3.47. The lowest BCUT2D eigenvalue weighted by Gasteiger charge is -2.05. The molecule has 3 nitrogen and oxygen atoms in total. The second kappa shape index (κ2) is 5.95. The van der Waals surface area contributed by atoms with Gasteiger partial charge in [-0.05, 0) is 37.1 Å². The zero-order valence-corrected chi connectivity index (χ0v) is 9.56. The summed E-state index contributed by atoms with van der Waals surface area (Å²) in [6.07, 6.45) is 4.43. The van der Waals surface area contributed by atoms with Crippen molar-refractivity contribution in [1.82, 2.24) is 0 Å². The van der Waals surface area contributed by atoms with Gasteiger partial charge in [0, 0.05) is 6.42 Å². The molecule has 86 valence electrons. The maximum absolute atomic E-state index is 11.3. The Kier molecular flexibility index (Phi) is 4.58. The summed E-state index contributed by atoms with van der Waals surface area (Å²) in [6.45, 7) is 1.82. The van der Waals surface area contributed by atoms with E-state index in [1.165, 1.54) is 7.11 Å². The van der Waals surface area contributed by atoms with Crippen molar-refractivity contribution in [2.75, 3.05) is 7.11 Å². The molecular weight excluding hydrogens is 204 g/mol. The number of allylic oxidation sites excluding steroid dienone is 2. The van der Waals surface area contributed by atoms with Gasteiger partial charge in [0.2, 0.25) is 0 Å². The van der Waals surface area contributed by atoms with Crippen LogP contribution in [0.1, 0.15) is 18.9 Å². The van der Waals surface area contributed by atoms with E-state index in [9.17, 15) is 9.90 Å². The Morgan fingerprint density at radius 1 is 1.50 bits per heavy atom. The highest BCUT2D eigenvalue weighted by atomic mass is 16.5. The van der Waals surface area contributed by atoms with E-state index in [0.717, 1.165) is 5.56 Å². The number of ketones is 1. The summed E-state index contributed by atoms with van der Waals surface area (Å²) >= 11 is 0. The van der Waals surface area contributed by atoms with Crippen LogP contribution in [0.2, 0.25) is 0 Å². The number of carbonyl (C=O) groups is 1. The lowest BCUT2D eigenvalue weighted by Crippen LogP contribution is -1.96. The van der Waals surface area contributed by atoms with Gasteiger partial charge in [0.25, 0.3) is 0 Å². The Hall–Kier alpha value is -1.77. The Bertz CT molecular complexity index is 394. The number of hydrogen-bond acceptors (Lipinski definition) is 3. The Balaban J connectivity index is 2.64. The smallest absolute Gasteiger partial charge is 0.160 e. The van der Waals surface area contributed by atoms with Gasteiger partial charge < -0.3 is 9.84 Å². The van der Waals surface area contributed by atoms with Gasteiger partial charge in [-0.2, -0.15) is 0 Å². The molecule has 0 aliphatic heterocycles. The predicted molar refractivity (Wildman–Crippen MR) is 62.8 cm³/mol. The van der Waals surface area contributed by atoms with Crippen LogP contribution >= 0.6 is 0 Å². The summed E-state index contributed by atoms with van der Waals surface area (Å²) in [7, 11) is 1.50. The monoisotopic (exact) mass is 220 g/mol. The third kappa shape index (κ3) is 3.42. The van der Waals surface area contributed by atoms with E-state index >= 15 is 0 Å². The van der Waals surface area contributed by atoms with Crippen LogP contribution in [0.5, 0.6) is 11.5 Å². The van der Waals surface area contributed by atoms with E-state index in [1.54, 1.807) is 30.4 Å². The minimum atomic E-state index is 0.106. The summed E-state index contributed by atoms with van der Waals surface area (Å²) < 4.78 is 4.99. The van der Waals surface area contributed by atoms with Gasteiger partial charge in [-0.3, -0.25) is 4.79 Å². The van der Waals surface area contributed by atoms with Crippen LogP contribution in [0.15, 0.2) is 30.4 Å². The van der Waals surface area contributed by atoms with Gasteiger partial charge in [-0.15, -0.1) is 0 Å². The molecule has 0 aliphatic rings. The summed E-state index contributed by atoms with van der Waals surface area (Å²) in [4.78, 5) is 11.3. The van der Waals surface area contributed by atoms with Crippen LogP contribution in [0.3, 0.4) is 0 Å². The number of methoxy groups -OCH3 is 1. The van der Waals surface area contributed by atoms with Crippen molar-refractivity contribution in [3.8, 4) is 11.5 Å². The third-order valence-corrected chi connectivity index (χ3v) is 2.26. The maximum Gasteiger partial charge on any atom is 0.160 e. The molecule has 1 N–H and O–H groups in total. The largest absolute Gasteiger partial charge is 0.504 e. The van der Waals surface area contributed by atoms with Crippen molar-refractivity contribution in [3.63, 3.8) is 0 Å². The molecule has 0 bridgehead atoms. The van der Waals surface area contributed by atoms with Gasteiger partial charge in [0.05, 0.1) is 7.11 Å². The zero-order chi connectivity index (χ0) is 12.0. The second-order valence-electron chi connectivity index (χ2n) is 3.47. The normalized spacial score (nSPS) is 10.6. The fourth-order valence-electron chi connectivity index (χ4n) is 1.41. The average molecular weight is 220 g/mol. The molecule has 3 heteroatoms. The lowest BCUT2D eigenvalue weighted by atomic mass is 10.1. The van der Waals surface area contributed by atoms with Gasteiger partial charge in [-0.1, -0.05) is 12.1 Å². The third-order valence-electron chi connectivity index (χ3n) is 2.26. The van der Waals surface area contributed by atoms with Crippen LogP contribution < -0.4 is 4.74 Å². The first-order valence-corrected chi connectivity index (χ1v) is 5.18. The number of aryl methyl sites for hydroxylation is 1. The number of benzene rings is 1. The summed E-state index contributed by atoms with van der Waals surface area (Å²) in [6, 6.07) is 5.12. The van der Waals surface area contributed by atoms with Gasteiger partial charge in [-0.25, -0.2) is 0 Å². The highest BCUT2D eigenvalue weighted by Gasteiger charge is 2.04. The van der Waals surface area contributed by atoms with E-state index in [4.69, 9.17) is 4.74 Å². The standard InChI is InChI=1S/C13H16O3/c1-3-4-11(14)7-5-10-6-8-12(15)13(9-10)16-2/h3-4,6,8-9,15H,5,7H2,1-2H3. The quantitative estimate of drug-likeness (QED) is 0.775. The van der Waals surface area contributed by atoms with E-state index < -0.39 is 0 Å². The molecule has 1 rings (SSSR count). The SMILES string of the molecule is CC=CC(=O)CCc1ccc(O)c(OC)c1. The predicted octanol–water partition coefficient (Wildman–Crippen LogP) is 2.48. The maximum atomic E-state index is 11.3. The van der Waals surface area contributed by atoms with Crippen molar-refractivity contribution < 1.29 is 14.6 Å². The van der Waals surface area contributed by atoms with Crippen molar-refractivity contribution in [1.29, 1.82) is 0 Å². The fraction of sp³-hybridized carbons (Fsp3) is 0.308. The number of carbonyl (C=O) groups excluding carboxylic acids is 1. The molecule has 0 fully saturated rings. The number of rotatable bonds is 5. The summed E-state index contributed by atoms with van der Waals surface area (Å²) in [5, 5.41) is 9.39. The van der Waals surface area contributed by atoms with E-state index in [2.05, 4.69) is 0 Å². The molecule has 0 saturated heterocycles. The number of phenols is 1. The Morgan fingerprint density at radius 2 is 2.25 bits per heavy atom. The highest BCUT2D eigenvalue weighted by molar-refractivity contribution is 5.89. The molecule has 1 aromatic rings. The first kappa shape index (κ1) is 12.3. The van der Waals surface area contributed by atoms with Crippen molar-refractivity contribution in [2.24, 2.45) is 0 Å². The molecular formula is C13H16O3. The van der Waals surface area contributed by atoms with E-state index in [1.807, 2.05) is 6.92 Å². The van der Waals surface area contributed by atoms with Gasteiger partial charge in [0.1, 0.15) is 0 Å². The van der Waals surface area contributed by atoms with Crippen molar-refractivity contribution in [3.05, 3.63) is 35.9 Å². The van der Waals surface area contributed by atoms with Crippen LogP contribution in [0, 0.1) is 0 Å². The molecule has 16 heavy (non-hydrogen) atoms. The highest BCUT2D eigenvalue weighted by Crippen LogP contribution is 2.26. The number of phenolic OH excluding ortho intramolecular Hbond substituents is 1. The van der Waals surface area contributed by atoms with E-state index in [-0.39, 0.29) is 11.5 Å². The molecule has 0 spiro atoms. The van der Waals surface area contributed by atoms with Crippen molar-refractivity contribution >= 4 is 5.78 Å². The summed E-state index contributed by atoms with van der Waals surface area (Å²) in [5.74, 6) is 0.663. The molecule has 0 radical (unpaired) electrons. The fourth-order valence-corrected chi connectivity index (χ4v) is 1.41. The van der Waals surface area contributed by atoms with Crippen molar-refractivity contribution in [2.45, 2.75) is 19.8 Å². The van der Waals surface area contributed by atoms with Gasteiger partial charge in [0.15, 0.2) is 17.3 Å². The average Bonchev–Trinajstić information content (AvgIpc) is 2.28. The Morgan fingerprint density at radius 3 is 2.88 bits per heavy atom. The number of ether oxygens (including phenoxy) is 1.